The number of hydrogen-bond acceptors (Lipinski definition) is 2. The average molecular weight is 346 g/mol. The van der Waals surface area contributed by atoms with Crippen LogP contribution in [0.3, 0.4) is 0 Å². The number of piperidine rings is 1. The number of hydrogen-bond donors (Lipinski definition) is 0. The highest BCUT2D eigenvalue weighted by Gasteiger charge is 2.06. The molecule has 0 aromatic carbocycles. The third-order valence-electron chi connectivity index (χ3n) is 3.09. The van der Waals surface area contributed by atoms with Crippen LogP contribution in [0.15, 0.2) is 17.3 Å². The molecule has 17 heavy (non-hydrogen) atoms. The molecule has 2 nitrogen and oxygen atoms in total. The standard InChI is InChI=1S/C13H24BIN2/c1-13(7-6-9-14(2)15)8-10-16-17-11-4-3-5-12-17/h10H,1,3-9,11-12H2,2H3/b16-10+. The smallest absolute Gasteiger partial charge is 0.214 e. The molecule has 0 aliphatic carbocycles. The van der Waals surface area contributed by atoms with E-state index in [4.69, 9.17) is 0 Å². The van der Waals surface area contributed by atoms with Gasteiger partial charge in [-0.2, -0.15) is 27.5 Å². The minimum atomic E-state index is 0.780. The maximum Gasteiger partial charge on any atom is 0.214 e. The summed E-state index contributed by atoms with van der Waals surface area (Å²) in [6, 6.07) is 0. The third kappa shape index (κ3) is 7.84. The summed E-state index contributed by atoms with van der Waals surface area (Å²) < 4.78 is 0.780. The molecule has 1 heterocycles. The van der Waals surface area contributed by atoms with Gasteiger partial charge in [0.2, 0.25) is 4.57 Å². The number of halogens is 1. The van der Waals surface area contributed by atoms with Crippen LogP contribution in [0.4, 0.5) is 0 Å². The molecule has 0 amide bonds. The second-order valence-electron chi connectivity index (χ2n) is 4.94. The quantitative estimate of drug-likeness (QED) is 0.291. The van der Waals surface area contributed by atoms with Crippen molar-refractivity contribution in [1.29, 1.82) is 0 Å². The highest BCUT2D eigenvalue weighted by atomic mass is 127. The van der Waals surface area contributed by atoms with Crippen molar-refractivity contribution in [3.8, 4) is 0 Å². The fourth-order valence-corrected chi connectivity index (χ4v) is 2.45. The highest BCUT2D eigenvalue weighted by Crippen LogP contribution is 2.13. The Morgan fingerprint density at radius 3 is 2.76 bits per heavy atom. The molecule has 1 rings (SSSR count). The van der Waals surface area contributed by atoms with Crippen LogP contribution in [0, 0.1) is 0 Å². The van der Waals surface area contributed by atoms with E-state index in [1.165, 1.54) is 37.6 Å². The molecular weight excluding hydrogens is 322 g/mol. The first-order valence-electron chi connectivity index (χ1n) is 6.76. The van der Waals surface area contributed by atoms with Crippen molar-refractivity contribution in [1.82, 2.24) is 5.01 Å². The van der Waals surface area contributed by atoms with Crippen LogP contribution < -0.4 is 0 Å². The monoisotopic (exact) mass is 346 g/mol. The van der Waals surface area contributed by atoms with Crippen LogP contribution in [-0.4, -0.2) is 28.9 Å². The first-order valence-corrected chi connectivity index (χ1v) is 8.01. The van der Waals surface area contributed by atoms with E-state index >= 15 is 0 Å². The van der Waals surface area contributed by atoms with Crippen molar-refractivity contribution in [2.45, 2.75) is 51.7 Å². The fourth-order valence-electron chi connectivity index (χ4n) is 2.01. The average Bonchev–Trinajstić information content (AvgIpc) is 2.30. The van der Waals surface area contributed by atoms with Crippen molar-refractivity contribution in [3.05, 3.63) is 12.2 Å². The van der Waals surface area contributed by atoms with Crippen LogP contribution >= 0.6 is 22.4 Å². The molecule has 0 radical (unpaired) electrons. The SMILES string of the molecule is C=C(C/C=N/N1CCCCC1)CCCB(C)I. The van der Waals surface area contributed by atoms with Crippen LogP contribution in [0.5, 0.6) is 0 Å². The first-order chi connectivity index (χ1) is 8.18. The zero-order valence-electron chi connectivity index (χ0n) is 11.0. The summed E-state index contributed by atoms with van der Waals surface area (Å²) in [5.74, 6) is 0. The molecule has 0 N–H and O–H groups in total. The van der Waals surface area contributed by atoms with Crippen molar-refractivity contribution in [2.24, 2.45) is 5.10 Å². The molecule has 0 aromatic heterocycles. The summed E-state index contributed by atoms with van der Waals surface area (Å²) in [6.45, 7) is 8.66. The molecule has 4 heteroatoms. The number of hydrazone groups is 1. The first kappa shape index (κ1) is 15.1. The van der Waals surface area contributed by atoms with Gasteiger partial charge >= 0.3 is 0 Å². The van der Waals surface area contributed by atoms with Crippen molar-refractivity contribution in [3.63, 3.8) is 0 Å². The van der Waals surface area contributed by atoms with Gasteiger partial charge in [0.1, 0.15) is 0 Å². The van der Waals surface area contributed by atoms with Gasteiger partial charge in [-0.25, -0.2) is 0 Å². The molecule has 0 bridgehead atoms. The lowest BCUT2D eigenvalue weighted by Gasteiger charge is -2.23. The fraction of sp³-hybridized carbons (Fsp3) is 0.769. The molecule has 96 valence electrons. The molecular formula is C13H24BIN2. The Kier molecular flexibility index (Phi) is 7.98. The zero-order chi connectivity index (χ0) is 12.5. The molecule has 0 spiro atoms. The van der Waals surface area contributed by atoms with E-state index in [0.29, 0.717) is 0 Å². The van der Waals surface area contributed by atoms with E-state index in [-0.39, 0.29) is 0 Å². The summed E-state index contributed by atoms with van der Waals surface area (Å²) >= 11 is 2.48. The summed E-state index contributed by atoms with van der Waals surface area (Å²) in [4.78, 5) is 0. The Morgan fingerprint density at radius 2 is 2.12 bits per heavy atom. The van der Waals surface area contributed by atoms with Gasteiger partial charge in [0.25, 0.3) is 0 Å². The maximum absolute atomic E-state index is 4.51. The third-order valence-corrected chi connectivity index (χ3v) is 3.71. The number of rotatable bonds is 7. The lowest BCUT2D eigenvalue weighted by molar-refractivity contribution is 0.240. The molecule has 0 unspecified atom stereocenters. The van der Waals surface area contributed by atoms with Crippen molar-refractivity contribution >= 4 is 33.2 Å². The van der Waals surface area contributed by atoms with E-state index in [2.05, 4.69) is 45.9 Å². The molecule has 1 aliphatic heterocycles. The predicted octanol–water partition coefficient (Wildman–Crippen LogP) is 4.24. The number of nitrogens with zero attached hydrogens (tertiary/aromatic N) is 2. The van der Waals surface area contributed by atoms with Gasteiger partial charge in [0.05, 0.1) is 0 Å². The maximum atomic E-state index is 4.51. The van der Waals surface area contributed by atoms with E-state index < -0.39 is 0 Å². The number of allylic oxidation sites excluding steroid dienone is 1. The zero-order valence-corrected chi connectivity index (χ0v) is 13.2. The van der Waals surface area contributed by atoms with Crippen LogP contribution in [0.2, 0.25) is 13.1 Å². The lowest BCUT2D eigenvalue weighted by Crippen LogP contribution is -2.24. The van der Waals surface area contributed by atoms with Crippen LogP contribution in [-0.2, 0) is 0 Å². The Bertz CT molecular complexity index is 248. The molecule has 1 saturated heterocycles. The van der Waals surface area contributed by atoms with Gasteiger partial charge in [-0.3, -0.25) is 5.01 Å². The van der Waals surface area contributed by atoms with Gasteiger partial charge in [-0.15, -0.1) is 0 Å². The van der Waals surface area contributed by atoms with Crippen LogP contribution in [0.25, 0.3) is 0 Å². The van der Waals surface area contributed by atoms with Gasteiger partial charge < -0.3 is 0 Å². The van der Waals surface area contributed by atoms with E-state index in [1.54, 1.807) is 0 Å². The second kappa shape index (κ2) is 9.00. The molecule has 1 fully saturated rings. The summed E-state index contributed by atoms with van der Waals surface area (Å²) in [6.07, 6.45) is 10.7. The van der Waals surface area contributed by atoms with E-state index in [9.17, 15) is 0 Å². The predicted molar refractivity (Wildman–Crippen MR) is 87.4 cm³/mol. The van der Waals surface area contributed by atoms with Gasteiger partial charge in [-0.05, 0) is 25.7 Å². The minimum absolute atomic E-state index is 0.780. The highest BCUT2D eigenvalue weighted by molar-refractivity contribution is 14.1. The Labute approximate surface area is 120 Å². The Balaban J connectivity index is 2.07. The summed E-state index contributed by atoms with van der Waals surface area (Å²) in [5.41, 5.74) is 1.32. The summed E-state index contributed by atoms with van der Waals surface area (Å²) in [5, 5.41) is 6.71. The van der Waals surface area contributed by atoms with E-state index in [0.717, 1.165) is 30.5 Å². The topological polar surface area (TPSA) is 15.6 Å². The van der Waals surface area contributed by atoms with Gasteiger partial charge in [-0.1, -0.05) is 31.7 Å². The molecule has 0 atom stereocenters. The van der Waals surface area contributed by atoms with Crippen LogP contribution in [0.1, 0.15) is 38.5 Å². The molecule has 0 saturated carbocycles. The molecule has 1 aliphatic rings. The minimum Gasteiger partial charge on any atom is -0.297 e. The van der Waals surface area contributed by atoms with Gasteiger partial charge in [0.15, 0.2) is 0 Å². The Hall–Kier alpha value is 0.00494. The van der Waals surface area contributed by atoms with Gasteiger partial charge in [0, 0.05) is 25.7 Å². The second-order valence-corrected chi connectivity index (χ2v) is 7.07. The van der Waals surface area contributed by atoms with Crippen molar-refractivity contribution in [2.75, 3.05) is 13.1 Å². The van der Waals surface area contributed by atoms with Crippen molar-refractivity contribution < 1.29 is 0 Å². The Morgan fingerprint density at radius 1 is 1.41 bits per heavy atom. The normalized spacial score (nSPS) is 16.5. The largest absolute Gasteiger partial charge is 0.297 e. The summed E-state index contributed by atoms with van der Waals surface area (Å²) in [7, 11) is 0. The molecule has 0 aromatic rings. The lowest BCUT2D eigenvalue weighted by atomic mass is 9.75. The van der Waals surface area contributed by atoms with E-state index in [1.807, 2.05) is 6.21 Å².